The molecule has 2 aliphatic heterocycles. The van der Waals surface area contributed by atoms with Gasteiger partial charge in [-0.2, -0.15) is 16.1 Å². The van der Waals surface area contributed by atoms with Crippen LogP contribution in [0.2, 0.25) is 0 Å². The van der Waals surface area contributed by atoms with Crippen LogP contribution in [0.5, 0.6) is 0 Å². The van der Waals surface area contributed by atoms with Gasteiger partial charge in [0.05, 0.1) is 5.56 Å². The van der Waals surface area contributed by atoms with Gasteiger partial charge >= 0.3 is 0 Å². The van der Waals surface area contributed by atoms with Crippen molar-refractivity contribution < 1.29 is 17.6 Å². The number of amides is 1. The Hall–Kier alpha value is -2.14. The summed E-state index contributed by atoms with van der Waals surface area (Å²) in [6, 6.07) is 9.28. The zero-order chi connectivity index (χ0) is 22.3. The molecule has 0 spiro atoms. The number of carbonyl (C=O) groups is 1. The minimum atomic E-state index is -3.94. The molecule has 1 aromatic carbocycles. The van der Waals surface area contributed by atoms with Gasteiger partial charge in [0.25, 0.3) is 5.91 Å². The number of rotatable bonds is 4. The average molecular weight is 492 g/mol. The molecule has 1 fully saturated rings. The Bertz CT molecular complexity index is 1250. The molecule has 10 heteroatoms. The number of carbonyl (C=O) groups excluding carboxylic acids is 1. The minimum Gasteiger partial charge on any atom is -0.336 e. The van der Waals surface area contributed by atoms with Crippen LogP contribution in [0.4, 0.5) is 4.39 Å². The van der Waals surface area contributed by atoms with E-state index in [0.717, 1.165) is 40.1 Å². The van der Waals surface area contributed by atoms with Crippen LogP contribution in [0.1, 0.15) is 20.8 Å². The summed E-state index contributed by atoms with van der Waals surface area (Å²) in [5.74, 6) is 1.09. The van der Waals surface area contributed by atoms with Crippen LogP contribution >= 0.6 is 23.1 Å². The van der Waals surface area contributed by atoms with Gasteiger partial charge in [0.2, 0.25) is 10.0 Å². The number of thioether (sulfide) groups is 1. The number of halogens is 1. The second-order valence-corrected chi connectivity index (χ2v) is 11.8. The Balaban J connectivity index is 1.39. The molecule has 0 N–H and O–H groups in total. The molecule has 168 valence electrons. The number of fused-ring (bicyclic) bond motifs is 1. The standard InChI is InChI=1S/C22H22FN3O3S3/c23-17-5-1-2-6-19(17)32(28,29)26-12-10-24(11-13-26)21(27)20-16-7-14-30-15-18(16)31-22(20)25-8-3-4-9-25/h1-6,8-9H,7,10-15H2. The third kappa shape index (κ3) is 3.79. The van der Waals surface area contributed by atoms with Crippen molar-refractivity contribution in [3.05, 3.63) is 70.6 Å². The second-order valence-electron chi connectivity index (χ2n) is 7.70. The van der Waals surface area contributed by atoms with E-state index in [2.05, 4.69) is 0 Å². The molecule has 3 aromatic rings. The van der Waals surface area contributed by atoms with Crippen LogP contribution < -0.4 is 0 Å². The monoisotopic (exact) mass is 491 g/mol. The van der Waals surface area contributed by atoms with Crippen molar-refractivity contribution >= 4 is 39.0 Å². The number of sulfonamides is 1. The summed E-state index contributed by atoms with van der Waals surface area (Å²) in [5, 5.41) is 0.925. The normalized spacial score (nSPS) is 17.3. The van der Waals surface area contributed by atoms with Gasteiger partial charge in [-0.25, -0.2) is 12.8 Å². The van der Waals surface area contributed by atoms with E-state index in [-0.39, 0.29) is 37.0 Å². The van der Waals surface area contributed by atoms with E-state index in [9.17, 15) is 17.6 Å². The maximum atomic E-state index is 14.1. The van der Waals surface area contributed by atoms with Crippen molar-refractivity contribution in [3.63, 3.8) is 0 Å². The maximum Gasteiger partial charge on any atom is 0.257 e. The van der Waals surface area contributed by atoms with Crippen LogP contribution in [0.15, 0.2) is 53.7 Å². The number of aromatic nitrogens is 1. The first kappa shape index (κ1) is 21.7. The smallest absolute Gasteiger partial charge is 0.257 e. The van der Waals surface area contributed by atoms with Gasteiger partial charge in [-0.1, -0.05) is 12.1 Å². The van der Waals surface area contributed by atoms with Crippen molar-refractivity contribution in [1.82, 2.24) is 13.8 Å². The summed E-state index contributed by atoms with van der Waals surface area (Å²) in [6.07, 6.45) is 4.75. The van der Waals surface area contributed by atoms with Gasteiger partial charge in [0.15, 0.2) is 0 Å². The Morgan fingerprint density at radius 3 is 2.44 bits per heavy atom. The SMILES string of the molecule is O=C(c1c(-n2cccc2)sc2c1CCSC2)N1CCN(S(=O)(=O)c2ccccc2F)CC1. The third-order valence-corrected chi connectivity index (χ3v) is 10.2. The van der Waals surface area contributed by atoms with Gasteiger partial charge in [-0.05, 0) is 42.0 Å². The predicted octanol–water partition coefficient (Wildman–Crippen LogP) is 3.61. The fourth-order valence-electron chi connectivity index (χ4n) is 4.17. The van der Waals surface area contributed by atoms with E-state index >= 15 is 0 Å². The number of piperazine rings is 1. The lowest BCUT2D eigenvalue weighted by Crippen LogP contribution is -2.50. The Morgan fingerprint density at radius 2 is 1.72 bits per heavy atom. The molecule has 0 bridgehead atoms. The molecular formula is C22H22FN3O3S3. The first-order chi connectivity index (χ1) is 15.5. The molecule has 1 saturated heterocycles. The van der Waals surface area contributed by atoms with Crippen molar-refractivity contribution in [3.8, 4) is 5.00 Å². The fraction of sp³-hybridized carbons (Fsp3) is 0.318. The molecule has 5 rings (SSSR count). The summed E-state index contributed by atoms with van der Waals surface area (Å²) in [5.41, 5.74) is 1.87. The molecule has 2 aromatic heterocycles. The highest BCUT2D eigenvalue weighted by Crippen LogP contribution is 2.39. The summed E-state index contributed by atoms with van der Waals surface area (Å²) >= 11 is 3.54. The molecule has 0 saturated carbocycles. The summed E-state index contributed by atoms with van der Waals surface area (Å²) in [7, 11) is -3.94. The number of nitrogens with zero attached hydrogens (tertiary/aromatic N) is 3. The van der Waals surface area contributed by atoms with E-state index < -0.39 is 15.8 Å². The molecular weight excluding hydrogens is 469 g/mol. The van der Waals surface area contributed by atoms with Crippen LogP contribution in [0, 0.1) is 5.82 Å². The first-order valence-corrected chi connectivity index (χ1v) is 13.8. The molecule has 4 heterocycles. The Morgan fingerprint density at radius 1 is 1.00 bits per heavy atom. The van der Waals surface area contributed by atoms with Crippen molar-refractivity contribution in [2.75, 3.05) is 31.9 Å². The zero-order valence-corrected chi connectivity index (χ0v) is 19.7. The van der Waals surface area contributed by atoms with Gasteiger partial charge < -0.3 is 9.47 Å². The minimum absolute atomic E-state index is 0.0546. The maximum absolute atomic E-state index is 14.1. The highest BCUT2D eigenvalue weighted by atomic mass is 32.2. The molecule has 0 aliphatic carbocycles. The highest BCUT2D eigenvalue weighted by Gasteiger charge is 2.34. The number of hydrogen-bond donors (Lipinski definition) is 0. The van der Waals surface area contributed by atoms with Crippen molar-refractivity contribution in [2.24, 2.45) is 0 Å². The number of hydrogen-bond acceptors (Lipinski definition) is 5. The molecule has 32 heavy (non-hydrogen) atoms. The van der Waals surface area contributed by atoms with Gasteiger partial charge in [0.1, 0.15) is 15.7 Å². The molecule has 1 amide bonds. The highest BCUT2D eigenvalue weighted by molar-refractivity contribution is 7.98. The lowest BCUT2D eigenvalue weighted by Gasteiger charge is -2.34. The van der Waals surface area contributed by atoms with Crippen LogP contribution in [-0.4, -0.2) is 60.0 Å². The Labute approximate surface area is 194 Å². The van der Waals surface area contributed by atoms with Crippen LogP contribution in [-0.2, 0) is 22.2 Å². The molecule has 0 atom stereocenters. The topological polar surface area (TPSA) is 62.6 Å². The van der Waals surface area contributed by atoms with E-state index in [0.29, 0.717) is 0 Å². The number of thiophene rings is 1. The van der Waals surface area contributed by atoms with Crippen LogP contribution in [0.3, 0.4) is 0 Å². The summed E-state index contributed by atoms with van der Waals surface area (Å²) in [6.45, 7) is 0.834. The zero-order valence-electron chi connectivity index (χ0n) is 17.2. The molecule has 0 unspecified atom stereocenters. The predicted molar refractivity (Wildman–Crippen MR) is 125 cm³/mol. The molecule has 2 aliphatic rings. The van der Waals surface area contributed by atoms with E-state index in [1.807, 2.05) is 40.9 Å². The molecule has 0 radical (unpaired) electrons. The second kappa shape index (κ2) is 8.66. The van der Waals surface area contributed by atoms with E-state index in [1.54, 1.807) is 16.2 Å². The number of benzene rings is 1. The lowest BCUT2D eigenvalue weighted by atomic mass is 10.1. The quantitative estimate of drug-likeness (QED) is 0.559. The summed E-state index contributed by atoms with van der Waals surface area (Å²) in [4.78, 5) is 16.3. The van der Waals surface area contributed by atoms with E-state index in [4.69, 9.17) is 0 Å². The van der Waals surface area contributed by atoms with Crippen molar-refractivity contribution in [1.29, 1.82) is 0 Å². The van der Waals surface area contributed by atoms with Gasteiger partial charge in [0, 0.05) is 49.2 Å². The lowest BCUT2D eigenvalue weighted by molar-refractivity contribution is 0.0697. The van der Waals surface area contributed by atoms with Gasteiger partial charge in [-0.3, -0.25) is 4.79 Å². The summed E-state index contributed by atoms with van der Waals surface area (Å²) < 4.78 is 43.1. The molecule has 6 nitrogen and oxygen atoms in total. The van der Waals surface area contributed by atoms with E-state index in [1.165, 1.54) is 27.4 Å². The average Bonchev–Trinajstić information content (AvgIpc) is 3.47. The third-order valence-electron chi connectivity index (χ3n) is 5.83. The van der Waals surface area contributed by atoms with Gasteiger partial charge in [-0.15, -0.1) is 11.3 Å². The van der Waals surface area contributed by atoms with Crippen molar-refractivity contribution in [2.45, 2.75) is 17.1 Å². The largest absolute Gasteiger partial charge is 0.336 e. The first-order valence-electron chi connectivity index (χ1n) is 10.4. The Kier molecular flexibility index (Phi) is 5.87. The fourth-order valence-corrected chi connectivity index (χ4v) is 8.10. The van der Waals surface area contributed by atoms with Crippen LogP contribution in [0.25, 0.3) is 5.00 Å².